The summed E-state index contributed by atoms with van der Waals surface area (Å²) in [5.74, 6) is 0. The summed E-state index contributed by atoms with van der Waals surface area (Å²) in [6.07, 6.45) is 1.39. The highest BCUT2D eigenvalue weighted by Gasteiger charge is 2.24. The molecule has 1 aliphatic rings. The lowest BCUT2D eigenvalue weighted by molar-refractivity contribution is 0.408. The molecule has 1 heteroatoms. The van der Waals surface area contributed by atoms with Gasteiger partial charge in [-0.1, -0.05) is 66.7 Å². The molecule has 1 unspecified atom stereocenters. The monoisotopic (exact) mass is 310 g/mol. The molecule has 1 aliphatic heterocycles. The van der Waals surface area contributed by atoms with Gasteiger partial charge in [0.05, 0.1) is 12.7 Å². The Balaban J connectivity index is 1.83. The first kappa shape index (κ1) is 13.8. The van der Waals surface area contributed by atoms with Gasteiger partial charge < -0.3 is 4.74 Å². The van der Waals surface area contributed by atoms with Crippen LogP contribution in [0.5, 0.6) is 0 Å². The van der Waals surface area contributed by atoms with Crippen molar-refractivity contribution in [1.82, 2.24) is 0 Å². The van der Waals surface area contributed by atoms with Crippen molar-refractivity contribution in [2.75, 3.05) is 6.61 Å². The van der Waals surface area contributed by atoms with Crippen LogP contribution in [0, 0.1) is 0 Å². The fourth-order valence-corrected chi connectivity index (χ4v) is 3.61. The molecule has 0 spiro atoms. The number of hydrogen-bond acceptors (Lipinski definition) is 1. The quantitative estimate of drug-likeness (QED) is 0.354. The predicted octanol–water partition coefficient (Wildman–Crippen LogP) is 5.60. The molecule has 1 saturated heterocycles. The Morgan fingerprint density at radius 3 is 2.21 bits per heavy atom. The van der Waals surface area contributed by atoms with Gasteiger partial charge in [0.1, 0.15) is 0 Å². The molecule has 0 radical (unpaired) electrons. The third-order valence-corrected chi connectivity index (χ3v) is 4.88. The minimum Gasteiger partial charge on any atom is -0.373 e. The summed E-state index contributed by atoms with van der Waals surface area (Å²) in [5.41, 5.74) is 4.02. The highest BCUT2D eigenvalue weighted by Crippen LogP contribution is 2.36. The topological polar surface area (TPSA) is 12.5 Å². The lowest BCUT2D eigenvalue weighted by Gasteiger charge is -2.14. The molecule has 0 amide bonds. The van der Waals surface area contributed by atoms with E-state index in [4.69, 9.17) is 4.74 Å². The van der Waals surface area contributed by atoms with Crippen LogP contribution in [0.1, 0.15) is 5.56 Å². The molecule has 4 aromatic carbocycles. The van der Waals surface area contributed by atoms with Crippen molar-refractivity contribution in [3.05, 3.63) is 84.4 Å². The molecule has 4 aromatic rings. The summed E-state index contributed by atoms with van der Waals surface area (Å²) in [6.45, 7) is 0.893. The second-order valence-corrected chi connectivity index (χ2v) is 6.55. The minimum absolute atomic E-state index is 0.394. The van der Waals surface area contributed by atoms with Crippen LogP contribution in [0.4, 0.5) is 0 Å². The predicted molar refractivity (Wildman–Crippen MR) is 100 cm³/mol. The fraction of sp³-hybridized carbons (Fsp3) is 0.130. The molecule has 1 heterocycles. The number of epoxide rings is 1. The summed E-state index contributed by atoms with van der Waals surface area (Å²) in [7, 11) is 0. The Bertz CT molecular complexity index is 1030. The van der Waals surface area contributed by atoms with E-state index in [0.29, 0.717) is 6.10 Å². The number of hydrogen-bond donors (Lipinski definition) is 0. The Hall–Kier alpha value is -2.64. The highest BCUT2D eigenvalue weighted by atomic mass is 16.6. The van der Waals surface area contributed by atoms with Crippen molar-refractivity contribution in [3.63, 3.8) is 0 Å². The molecule has 24 heavy (non-hydrogen) atoms. The maximum atomic E-state index is 5.49. The van der Waals surface area contributed by atoms with Gasteiger partial charge in [-0.15, -0.1) is 0 Å². The minimum atomic E-state index is 0.394. The van der Waals surface area contributed by atoms with E-state index >= 15 is 0 Å². The zero-order chi connectivity index (χ0) is 15.9. The van der Waals surface area contributed by atoms with E-state index in [1.54, 1.807) is 0 Å². The Morgan fingerprint density at radius 1 is 0.750 bits per heavy atom. The highest BCUT2D eigenvalue weighted by molar-refractivity contribution is 6.05. The average Bonchev–Trinajstić information content (AvgIpc) is 3.45. The molecular formula is C23H18O. The van der Waals surface area contributed by atoms with Gasteiger partial charge in [-0.2, -0.15) is 0 Å². The first-order chi connectivity index (χ1) is 11.9. The Labute approximate surface area is 141 Å². The number of fused-ring (bicyclic) bond motifs is 2. The smallest absolute Gasteiger partial charge is 0.0850 e. The van der Waals surface area contributed by atoms with Gasteiger partial charge >= 0.3 is 0 Å². The van der Waals surface area contributed by atoms with Gasteiger partial charge in [-0.05, 0) is 50.4 Å². The normalized spacial score (nSPS) is 16.6. The average molecular weight is 310 g/mol. The summed E-state index contributed by atoms with van der Waals surface area (Å²) in [6, 6.07) is 28.5. The van der Waals surface area contributed by atoms with Crippen LogP contribution in [0.25, 0.3) is 32.7 Å². The molecule has 0 N–H and O–H groups in total. The van der Waals surface area contributed by atoms with E-state index in [-0.39, 0.29) is 0 Å². The molecule has 1 atom stereocenters. The van der Waals surface area contributed by atoms with E-state index < -0.39 is 0 Å². The zero-order valence-electron chi connectivity index (χ0n) is 13.4. The molecule has 5 rings (SSSR count). The largest absolute Gasteiger partial charge is 0.373 e. The molecule has 116 valence electrons. The molecule has 1 nitrogen and oxygen atoms in total. The van der Waals surface area contributed by atoms with Gasteiger partial charge in [0.15, 0.2) is 0 Å². The van der Waals surface area contributed by atoms with Crippen molar-refractivity contribution < 1.29 is 4.74 Å². The molecule has 0 aliphatic carbocycles. The lowest BCUT2D eigenvalue weighted by atomic mass is 9.90. The van der Waals surface area contributed by atoms with Gasteiger partial charge in [0, 0.05) is 6.42 Å². The molecular weight excluding hydrogens is 292 g/mol. The van der Waals surface area contributed by atoms with E-state index in [1.807, 2.05) is 0 Å². The third kappa shape index (κ3) is 2.38. The van der Waals surface area contributed by atoms with Crippen LogP contribution in [-0.2, 0) is 11.2 Å². The molecule has 0 aromatic heterocycles. The van der Waals surface area contributed by atoms with Crippen LogP contribution in [0.2, 0.25) is 0 Å². The lowest BCUT2D eigenvalue weighted by Crippen LogP contribution is -1.97. The van der Waals surface area contributed by atoms with E-state index in [0.717, 1.165) is 13.0 Å². The van der Waals surface area contributed by atoms with Gasteiger partial charge in [-0.25, -0.2) is 0 Å². The first-order valence-electron chi connectivity index (χ1n) is 8.50. The van der Waals surface area contributed by atoms with Gasteiger partial charge in [0.2, 0.25) is 0 Å². The number of rotatable bonds is 3. The van der Waals surface area contributed by atoms with Crippen LogP contribution >= 0.6 is 0 Å². The van der Waals surface area contributed by atoms with Crippen molar-refractivity contribution in [3.8, 4) is 11.1 Å². The fourth-order valence-electron chi connectivity index (χ4n) is 3.61. The summed E-state index contributed by atoms with van der Waals surface area (Å²) in [4.78, 5) is 0. The number of ether oxygens (including phenoxy) is 1. The second kappa shape index (κ2) is 5.47. The standard InChI is InChI=1S/C23H18O/c1-2-6-16(7-3-1)23-20(13-21-15-24-21)11-10-19-12-17-8-4-5-9-18(17)14-22(19)23/h1-12,14,21H,13,15H2. The van der Waals surface area contributed by atoms with Crippen molar-refractivity contribution in [1.29, 1.82) is 0 Å². The van der Waals surface area contributed by atoms with Gasteiger partial charge in [0.25, 0.3) is 0 Å². The van der Waals surface area contributed by atoms with Gasteiger partial charge in [-0.3, -0.25) is 0 Å². The van der Waals surface area contributed by atoms with Crippen molar-refractivity contribution in [2.24, 2.45) is 0 Å². The molecule has 0 bridgehead atoms. The number of benzene rings is 4. The first-order valence-corrected chi connectivity index (χ1v) is 8.50. The summed E-state index contributed by atoms with van der Waals surface area (Å²) in [5, 5.41) is 5.22. The van der Waals surface area contributed by atoms with E-state index in [9.17, 15) is 0 Å². The SMILES string of the molecule is c1ccc(-c2c(CC3CO3)ccc3cc4ccccc4cc23)cc1. The molecule has 1 fully saturated rings. The van der Waals surface area contributed by atoms with Crippen LogP contribution in [-0.4, -0.2) is 12.7 Å². The van der Waals surface area contributed by atoms with Crippen molar-refractivity contribution in [2.45, 2.75) is 12.5 Å². The van der Waals surface area contributed by atoms with Crippen LogP contribution in [0.3, 0.4) is 0 Å². The maximum Gasteiger partial charge on any atom is 0.0850 e. The van der Waals surface area contributed by atoms with Crippen LogP contribution < -0.4 is 0 Å². The maximum absolute atomic E-state index is 5.49. The summed E-state index contributed by atoms with van der Waals surface area (Å²) < 4.78 is 5.49. The second-order valence-electron chi connectivity index (χ2n) is 6.55. The van der Waals surface area contributed by atoms with E-state index in [2.05, 4.69) is 78.9 Å². The summed E-state index contributed by atoms with van der Waals surface area (Å²) >= 11 is 0. The van der Waals surface area contributed by atoms with Crippen LogP contribution in [0.15, 0.2) is 78.9 Å². The molecule has 0 saturated carbocycles. The van der Waals surface area contributed by atoms with Crippen molar-refractivity contribution >= 4 is 21.5 Å². The Morgan fingerprint density at radius 2 is 1.46 bits per heavy atom. The zero-order valence-corrected chi connectivity index (χ0v) is 13.4. The van der Waals surface area contributed by atoms with E-state index in [1.165, 1.54) is 38.2 Å². The third-order valence-electron chi connectivity index (χ3n) is 4.88. The Kier molecular flexibility index (Phi) is 3.14.